The zero-order valence-corrected chi connectivity index (χ0v) is 22.2. The Labute approximate surface area is 237 Å². The molecule has 4 aromatic carbocycles. The number of carbonyl (C=O) groups excluding carboxylic acids is 3. The van der Waals surface area contributed by atoms with Crippen molar-refractivity contribution in [3.8, 4) is 23.0 Å². The van der Waals surface area contributed by atoms with Crippen LogP contribution in [0.25, 0.3) is 0 Å². The van der Waals surface area contributed by atoms with Gasteiger partial charge in [0, 0.05) is 29.3 Å². The van der Waals surface area contributed by atoms with E-state index < -0.39 is 12.1 Å². The van der Waals surface area contributed by atoms with Gasteiger partial charge < -0.3 is 24.4 Å². The van der Waals surface area contributed by atoms with Crippen LogP contribution < -0.4 is 9.47 Å². The van der Waals surface area contributed by atoms with E-state index in [-0.39, 0.29) is 58.9 Å². The average molecular weight is 553 g/mol. The Hall–Kier alpha value is -5.37. The van der Waals surface area contributed by atoms with Gasteiger partial charge in [-0.25, -0.2) is 4.79 Å². The minimum absolute atomic E-state index is 0.122. The second-order valence-electron chi connectivity index (χ2n) is 8.93. The SMILES string of the molecule is CC=CC(=O)OC(COc1ccc(C(=O)c2ccccc2)c(O)c1)COc1ccc(C(=O)c2ccccc2)c(O)c1. The highest BCUT2D eigenvalue weighted by atomic mass is 16.6. The summed E-state index contributed by atoms with van der Waals surface area (Å²) in [5.74, 6) is -1.28. The summed E-state index contributed by atoms with van der Waals surface area (Å²) >= 11 is 0. The van der Waals surface area contributed by atoms with Gasteiger partial charge in [-0.1, -0.05) is 66.7 Å². The Balaban J connectivity index is 1.42. The van der Waals surface area contributed by atoms with Gasteiger partial charge in [-0.05, 0) is 31.2 Å². The van der Waals surface area contributed by atoms with Gasteiger partial charge in [0.25, 0.3) is 0 Å². The molecule has 0 aliphatic rings. The topological polar surface area (TPSA) is 119 Å². The lowest BCUT2D eigenvalue weighted by Crippen LogP contribution is -2.30. The maximum absolute atomic E-state index is 12.7. The summed E-state index contributed by atoms with van der Waals surface area (Å²) in [6, 6.07) is 25.7. The number of ketones is 2. The molecule has 4 rings (SSSR count). The van der Waals surface area contributed by atoms with E-state index in [4.69, 9.17) is 14.2 Å². The molecule has 0 unspecified atom stereocenters. The summed E-state index contributed by atoms with van der Waals surface area (Å²) < 4.78 is 16.9. The molecule has 0 fully saturated rings. The molecule has 0 aromatic heterocycles. The predicted molar refractivity (Wildman–Crippen MR) is 152 cm³/mol. The van der Waals surface area contributed by atoms with Gasteiger partial charge in [0.15, 0.2) is 17.7 Å². The van der Waals surface area contributed by atoms with Crippen molar-refractivity contribution in [2.45, 2.75) is 13.0 Å². The molecule has 0 atom stereocenters. The zero-order valence-electron chi connectivity index (χ0n) is 22.2. The van der Waals surface area contributed by atoms with E-state index in [0.717, 1.165) is 0 Å². The molecule has 0 saturated heterocycles. The van der Waals surface area contributed by atoms with E-state index in [9.17, 15) is 24.6 Å². The van der Waals surface area contributed by atoms with Crippen LogP contribution in [0.3, 0.4) is 0 Å². The normalized spacial score (nSPS) is 10.9. The molecule has 0 bridgehead atoms. The molecule has 0 aliphatic heterocycles. The van der Waals surface area contributed by atoms with Crippen LogP contribution in [-0.4, -0.2) is 47.1 Å². The van der Waals surface area contributed by atoms with Crippen LogP contribution in [0, 0.1) is 0 Å². The third-order valence-corrected chi connectivity index (χ3v) is 5.96. The molecule has 0 heterocycles. The average Bonchev–Trinajstić information content (AvgIpc) is 2.99. The lowest BCUT2D eigenvalue weighted by Gasteiger charge is -2.19. The smallest absolute Gasteiger partial charge is 0.330 e. The van der Waals surface area contributed by atoms with Crippen molar-refractivity contribution in [2.75, 3.05) is 13.2 Å². The Morgan fingerprint density at radius 3 is 1.51 bits per heavy atom. The fourth-order valence-corrected chi connectivity index (χ4v) is 3.91. The third kappa shape index (κ3) is 7.60. The number of phenolic OH excluding ortho intramolecular Hbond substituents is 2. The summed E-state index contributed by atoms with van der Waals surface area (Å²) in [4.78, 5) is 37.5. The molecule has 2 N–H and O–H groups in total. The predicted octanol–water partition coefficient (Wildman–Crippen LogP) is 5.51. The molecule has 0 radical (unpaired) electrons. The van der Waals surface area contributed by atoms with Gasteiger partial charge in [0.2, 0.25) is 0 Å². The first kappa shape index (κ1) is 28.6. The van der Waals surface area contributed by atoms with E-state index in [1.165, 1.54) is 48.6 Å². The minimum Gasteiger partial charge on any atom is -0.507 e. The summed E-state index contributed by atoms with van der Waals surface area (Å²) in [5.41, 5.74) is 1.12. The molecule has 0 spiro atoms. The number of rotatable bonds is 12. The lowest BCUT2D eigenvalue weighted by atomic mass is 10.0. The Kier molecular flexibility index (Phi) is 9.51. The van der Waals surface area contributed by atoms with Crippen LogP contribution in [0.15, 0.2) is 109 Å². The molecular weight excluding hydrogens is 524 g/mol. The summed E-state index contributed by atoms with van der Waals surface area (Å²) in [6.07, 6.45) is 1.90. The molecule has 0 amide bonds. The van der Waals surface area contributed by atoms with Gasteiger partial charge in [0.05, 0.1) is 11.1 Å². The van der Waals surface area contributed by atoms with Crippen molar-refractivity contribution >= 4 is 17.5 Å². The van der Waals surface area contributed by atoms with E-state index in [1.807, 2.05) is 0 Å². The Morgan fingerprint density at radius 1 is 0.683 bits per heavy atom. The largest absolute Gasteiger partial charge is 0.507 e. The number of hydrogen-bond donors (Lipinski definition) is 2. The van der Waals surface area contributed by atoms with Crippen LogP contribution in [0.2, 0.25) is 0 Å². The number of ether oxygens (including phenoxy) is 3. The molecule has 0 saturated carbocycles. The van der Waals surface area contributed by atoms with Crippen molar-refractivity contribution in [3.63, 3.8) is 0 Å². The monoisotopic (exact) mass is 552 g/mol. The Morgan fingerprint density at radius 2 is 1.12 bits per heavy atom. The molecule has 208 valence electrons. The van der Waals surface area contributed by atoms with Gasteiger partial charge in [-0.3, -0.25) is 9.59 Å². The molecule has 0 aliphatic carbocycles. The summed E-state index contributed by atoms with van der Waals surface area (Å²) in [7, 11) is 0. The van der Waals surface area contributed by atoms with Gasteiger partial charge in [-0.15, -0.1) is 0 Å². The van der Waals surface area contributed by atoms with Crippen molar-refractivity contribution in [2.24, 2.45) is 0 Å². The molecule has 4 aromatic rings. The minimum atomic E-state index is -0.876. The van der Waals surface area contributed by atoms with Gasteiger partial charge >= 0.3 is 5.97 Å². The van der Waals surface area contributed by atoms with E-state index in [2.05, 4.69) is 0 Å². The molecular formula is C33H28O8. The van der Waals surface area contributed by atoms with Gasteiger partial charge in [0.1, 0.15) is 36.2 Å². The van der Waals surface area contributed by atoms with Crippen molar-refractivity contribution in [1.82, 2.24) is 0 Å². The highest BCUT2D eigenvalue weighted by molar-refractivity contribution is 6.11. The van der Waals surface area contributed by atoms with Crippen molar-refractivity contribution in [3.05, 3.63) is 131 Å². The summed E-state index contributed by atoms with van der Waals surface area (Å²) in [6.45, 7) is 1.40. The fourth-order valence-electron chi connectivity index (χ4n) is 3.91. The van der Waals surface area contributed by atoms with Crippen LogP contribution >= 0.6 is 0 Å². The van der Waals surface area contributed by atoms with E-state index in [0.29, 0.717) is 11.1 Å². The number of benzene rings is 4. The molecule has 8 nitrogen and oxygen atoms in total. The first-order chi connectivity index (χ1) is 19.9. The molecule has 41 heavy (non-hydrogen) atoms. The van der Waals surface area contributed by atoms with Crippen LogP contribution in [0.4, 0.5) is 0 Å². The highest BCUT2D eigenvalue weighted by Gasteiger charge is 2.19. The van der Waals surface area contributed by atoms with Crippen LogP contribution in [0.5, 0.6) is 23.0 Å². The maximum Gasteiger partial charge on any atom is 0.330 e. The van der Waals surface area contributed by atoms with E-state index in [1.54, 1.807) is 67.6 Å². The van der Waals surface area contributed by atoms with E-state index >= 15 is 0 Å². The van der Waals surface area contributed by atoms with Crippen LogP contribution in [0.1, 0.15) is 38.8 Å². The second kappa shape index (κ2) is 13.6. The number of aromatic hydroxyl groups is 2. The van der Waals surface area contributed by atoms with Gasteiger partial charge in [-0.2, -0.15) is 0 Å². The first-order valence-electron chi connectivity index (χ1n) is 12.8. The standard InChI is InChI=1S/C33H28O8/c1-2-9-31(36)41-26(20-39-24-14-16-27(29(34)18-24)32(37)22-10-5-3-6-11-22)21-40-25-15-17-28(30(35)19-25)33(38)23-12-7-4-8-13-23/h2-19,26,34-35H,20-21H2,1H3. The third-order valence-electron chi connectivity index (χ3n) is 5.96. The number of phenols is 2. The lowest BCUT2D eigenvalue weighted by molar-refractivity contribution is -0.146. The quantitative estimate of drug-likeness (QED) is 0.134. The van der Waals surface area contributed by atoms with Crippen molar-refractivity contribution < 1.29 is 38.8 Å². The highest BCUT2D eigenvalue weighted by Crippen LogP contribution is 2.28. The van der Waals surface area contributed by atoms with Crippen molar-refractivity contribution in [1.29, 1.82) is 0 Å². The number of hydrogen-bond acceptors (Lipinski definition) is 8. The number of esters is 1. The summed E-state index contributed by atoms with van der Waals surface area (Å²) in [5, 5.41) is 20.9. The Bertz CT molecular complexity index is 1440. The van der Waals surface area contributed by atoms with Crippen LogP contribution in [-0.2, 0) is 9.53 Å². The number of allylic oxidation sites excluding steroid dienone is 1. The fraction of sp³-hybridized carbons (Fsp3) is 0.121. The first-order valence-corrected chi connectivity index (χ1v) is 12.8. The number of carbonyl (C=O) groups is 3. The zero-order chi connectivity index (χ0) is 29.2. The maximum atomic E-state index is 12.7. The second-order valence-corrected chi connectivity index (χ2v) is 8.93. The molecule has 8 heteroatoms.